The maximum Gasteiger partial charge on any atom is 0.417 e. The molecule has 0 saturated heterocycles. The number of carbonyl (C=O) groups is 2. The molecule has 41 heavy (non-hydrogen) atoms. The van der Waals surface area contributed by atoms with Gasteiger partial charge in [-0.2, -0.15) is 13.2 Å². The molecule has 0 bridgehead atoms. The molecule has 0 unspecified atom stereocenters. The summed E-state index contributed by atoms with van der Waals surface area (Å²) in [6.07, 6.45) is -3.84. The number of carbonyl (C=O) groups excluding carboxylic acids is 2. The number of aromatic nitrogens is 1. The van der Waals surface area contributed by atoms with E-state index in [0.29, 0.717) is 28.1 Å². The number of nitrogens with one attached hydrogen (secondary N) is 4. The molecular weight excluding hydrogens is 611 g/mol. The number of benzene rings is 1. The lowest BCUT2D eigenvalue weighted by molar-refractivity contribution is -0.137. The van der Waals surface area contributed by atoms with Gasteiger partial charge in [-0.1, -0.05) is 11.6 Å². The Morgan fingerprint density at radius 2 is 1.76 bits per heavy atom. The molecule has 0 aliphatic rings. The number of halogens is 4. The number of ether oxygens (including phenoxy) is 2. The van der Waals surface area contributed by atoms with Crippen molar-refractivity contribution in [2.45, 2.75) is 29.8 Å². The largest absolute Gasteiger partial charge is 0.497 e. The second-order valence-corrected chi connectivity index (χ2v) is 11.7. The van der Waals surface area contributed by atoms with E-state index in [1.54, 1.807) is 6.07 Å². The third kappa shape index (κ3) is 9.21. The maximum atomic E-state index is 12.7. The van der Waals surface area contributed by atoms with Gasteiger partial charge in [-0.25, -0.2) is 13.4 Å². The van der Waals surface area contributed by atoms with Crippen molar-refractivity contribution in [3.05, 3.63) is 63.6 Å². The Morgan fingerprint density at radius 3 is 2.37 bits per heavy atom. The number of sulfonamides is 1. The van der Waals surface area contributed by atoms with Gasteiger partial charge < -0.3 is 20.1 Å². The van der Waals surface area contributed by atoms with E-state index >= 15 is 0 Å². The first-order chi connectivity index (χ1) is 19.3. The molecule has 3 rings (SSSR count). The normalized spacial score (nSPS) is 11.6. The molecule has 0 saturated carbocycles. The van der Waals surface area contributed by atoms with Crippen molar-refractivity contribution in [2.24, 2.45) is 0 Å². The third-order valence-electron chi connectivity index (χ3n) is 5.31. The number of hydrogen-bond donors (Lipinski definition) is 4. The topological polar surface area (TPSA) is 148 Å². The van der Waals surface area contributed by atoms with Gasteiger partial charge >= 0.3 is 6.18 Å². The predicted octanol–water partition coefficient (Wildman–Crippen LogP) is 3.96. The summed E-state index contributed by atoms with van der Waals surface area (Å²) in [7, 11) is -1.17. The molecule has 0 spiro atoms. The van der Waals surface area contributed by atoms with Crippen LogP contribution < -0.4 is 30.4 Å². The standard InChI is InChI=1S/C24H25ClF3N5O6S2/c1-38-16-8-14(9-17(11-16)39-2)23(35)31-13-18-5-6-21(40-18)41(36,37)33-32-20(34)4-3-7-29-22-19(25)10-15(12-30-22)24(26,27)28/h5-6,8-12,33H,3-4,7,13H2,1-2H3,(H,29,30)(H,31,35)(H,32,34). The molecule has 3 aromatic rings. The highest BCUT2D eigenvalue weighted by molar-refractivity contribution is 7.91. The van der Waals surface area contributed by atoms with Gasteiger partial charge in [-0.05, 0) is 36.8 Å². The number of thiophene rings is 1. The van der Waals surface area contributed by atoms with Crippen molar-refractivity contribution >= 4 is 50.6 Å². The number of methoxy groups -OCH3 is 2. The summed E-state index contributed by atoms with van der Waals surface area (Å²) in [4.78, 5) is 30.8. The Kier molecular flexibility index (Phi) is 10.8. The van der Waals surface area contributed by atoms with Gasteiger partial charge in [0.1, 0.15) is 21.5 Å². The molecule has 17 heteroatoms. The summed E-state index contributed by atoms with van der Waals surface area (Å²) >= 11 is 6.71. The van der Waals surface area contributed by atoms with Crippen LogP contribution in [0.25, 0.3) is 0 Å². The van der Waals surface area contributed by atoms with Crippen molar-refractivity contribution in [1.29, 1.82) is 0 Å². The molecule has 0 atom stereocenters. The highest BCUT2D eigenvalue weighted by Crippen LogP contribution is 2.32. The van der Waals surface area contributed by atoms with Crippen LogP contribution in [0.2, 0.25) is 5.02 Å². The Balaban J connectivity index is 1.44. The lowest BCUT2D eigenvalue weighted by Gasteiger charge is -2.11. The zero-order valence-corrected chi connectivity index (χ0v) is 24.0. The number of hydrogen-bond acceptors (Lipinski definition) is 9. The highest BCUT2D eigenvalue weighted by Gasteiger charge is 2.31. The Bertz CT molecular complexity index is 1480. The summed E-state index contributed by atoms with van der Waals surface area (Å²) in [6, 6.07) is 8.28. The van der Waals surface area contributed by atoms with Crippen LogP contribution in [-0.2, 0) is 27.5 Å². The van der Waals surface area contributed by atoms with E-state index < -0.39 is 33.6 Å². The number of anilines is 1. The molecule has 0 aliphatic heterocycles. The van der Waals surface area contributed by atoms with Crippen molar-refractivity contribution < 1.29 is 40.7 Å². The van der Waals surface area contributed by atoms with Crippen molar-refractivity contribution in [3.63, 3.8) is 0 Å². The first-order valence-corrected chi connectivity index (χ1v) is 14.4. The van der Waals surface area contributed by atoms with Crippen LogP contribution in [0, 0.1) is 0 Å². The van der Waals surface area contributed by atoms with Crippen LogP contribution in [0.4, 0.5) is 19.0 Å². The first kappa shape index (κ1) is 31.9. The van der Waals surface area contributed by atoms with Crippen molar-refractivity contribution in [3.8, 4) is 11.5 Å². The highest BCUT2D eigenvalue weighted by atomic mass is 35.5. The molecule has 0 aliphatic carbocycles. The van der Waals surface area contributed by atoms with E-state index in [2.05, 4.69) is 21.0 Å². The lowest BCUT2D eigenvalue weighted by atomic mass is 10.2. The van der Waals surface area contributed by atoms with Crippen LogP contribution in [0.5, 0.6) is 11.5 Å². The van der Waals surface area contributed by atoms with E-state index in [4.69, 9.17) is 21.1 Å². The van der Waals surface area contributed by atoms with E-state index in [0.717, 1.165) is 17.4 Å². The van der Waals surface area contributed by atoms with E-state index in [-0.39, 0.29) is 41.0 Å². The summed E-state index contributed by atoms with van der Waals surface area (Å²) in [5, 5.41) is 5.18. The van der Waals surface area contributed by atoms with Crippen molar-refractivity contribution in [2.75, 3.05) is 26.1 Å². The van der Waals surface area contributed by atoms with Gasteiger partial charge in [0.15, 0.2) is 0 Å². The van der Waals surface area contributed by atoms with E-state index in [1.165, 1.54) is 38.5 Å². The summed E-state index contributed by atoms with van der Waals surface area (Å²) in [5.41, 5.74) is 1.41. The SMILES string of the molecule is COc1cc(OC)cc(C(=O)NCc2ccc(S(=O)(=O)NNC(=O)CCCNc3ncc(C(F)(F)F)cc3Cl)s2)c1. The fourth-order valence-electron chi connectivity index (χ4n) is 3.22. The zero-order valence-electron chi connectivity index (χ0n) is 21.6. The van der Waals surface area contributed by atoms with E-state index in [1.807, 2.05) is 4.83 Å². The molecule has 0 radical (unpaired) electrons. The fraction of sp³-hybridized carbons (Fsp3) is 0.292. The van der Waals surface area contributed by atoms with Crippen molar-refractivity contribution in [1.82, 2.24) is 20.6 Å². The van der Waals surface area contributed by atoms with Crippen LogP contribution in [0.15, 0.2) is 46.8 Å². The van der Waals surface area contributed by atoms with Crippen LogP contribution in [0.3, 0.4) is 0 Å². The minimum absolute atomic E-state index is 0.0219. The Hall–Kier alpha value is -3.60. The molecular formula is C24H25ClF3N5O6S2. The smallest absolute Gasteiger partial charge is 0.417 e. The maximum absolute atomic E-state index is 12.7. The van der Waals surface area contributed by atoms with Gasteiger partial charge in [0, 0.05) is 35.7 Å². The summed E-state index contributed by atoms with van der Waals surface area (Å²) in [6.45, 7) is 0.191. The third-order valence-corrected chi connectivity index (χ3v) is 8.42. The van der Waals surface area contributed by atoms with E-state index in [9.17, 15) is 31.2 Å². The lowest BCUT2D eigenvalue weighted by Crippen LogP contribution is -2.41. The number of hydrazine groups is 1. The van der Waals surface area contributed by atoms with Gasteiger partial charge in [0.25, 0.3) is 15.9 Å². The number of amides is 2. The molecule has 2 amide bonds. The summed E-state index contributed by atoms with van der Waals surface area (Å²) in [5.74, 6) is -0.169. The zero-order chi connectivity index (χ0) is 30.2. The number of pyridine rings is 1. The summed E-state index contributed by atoms with van der Waals surface area (Å²) < 4.78 is 73.4. The second kappa shape index (κ2) is 13.8. The van der Waals surface area contributed by atoms with Crippen LogP contribution in [0.1, 0.15) is 33.6 Å². The molecule has 4 N–H and O–H groups in total. The average Bonchev–Trinajstić information content (AvgIpc) is 3.43. The first-order valence-electron chi connectivity index (χ1n) is 11.7. The second-order valence-electron chi connectivity index (χ2n) is 8.24. The van der Waals surface area contributed by atoms with Crippen LogP contribution >= 0.6 is 22.9 Å². The molecule has 0 fully saturated rings. The van der Waals surface area contributed by atoms with Gasteiger partial charge in [-0.15, -0.1) is 16.2 Å². The fourth-order valence-corrected chi connectivity index (χ4v) is 5.61. The minimum atomic E-state index is -4.58. The molecule has 222 valence electrons. The molecule has 11 nitrogen and oxygen atoms in total. The average molecular weight is 636 g/mol. The molecule has 1 aromatic carbocycles. The number of nitrogens with zero attached hydrogens (tertiary/aromatic N) is 1. The van der Waals surface area contributed by atoms with Crippen LogP contribution in [-0.4, -0.2) is 46.0 Å². The predicted molar refractivity (Wildman–Crippen MR) is 145 cm³/mol. The quantitative estimate of drug-likeness (QED) is 0.163. The van der Waals surface area contributed by atoms with Gasteiger partial charge in [-0.3, -0.25) is 15.0 Å². The molecule has 2 heterocycles. The Labute approximate surface area is 242 Å². The minimum Gasteiger partial charge on any atom is -0.497 e. The number of rotatable bonds is 13. The van der Waals surface area contributed by atoms with Gasteiger partial charge in [0.05, 0.1) is 31.4 Å². The number of alkyl halides is 3. The van der Waals surface area contributed by atoms with Gasteiger partial charge in [0.2, 0.25) is 5.91 Å². The molecule has 2 aromatic heterocycles. The monoisotopic (exact) mass is 635 g/mol. The Morgan fingerprint density at radius 1 is 1.07 bits per heavy atom.